The summed E-state index contributed by atoms with van der Waals surface area (Å²) in [7, 11) is 0. The molecule has 3 nitrogen and oxygen atoms in total. The standard InChI is InChI=1S/C14H23N3/c1-5-13-8-15-11(3)9-17(13)14-7-6-10(2)16-12(14)4/h6-7,11,13,15H,5,8-9H2,1-4H3. The molecule has 1 fully saturated rings. The van der Waals surface area contributed by atoms with Gasteiger partial charge >= 0.3 is 0 Å². The van der Waals surface area contributed by atoms with E-state index >= 15 is 0 Å². The van der Waals surface area contributed by atoms with Gasteiger partial charge in [-0.15, -0.1) is 0 Å². The van der Waals surface area contributed by atoms with E-state index in [-0.39, 0.29) is 0 Å². The predicted octanol–water partition coefficient (Wildman–Crippen LogP) is 2.28. The molecule has 1 aliphatic rings. The molecule has 2 unspecified atom stereocenters. The van der Waals surface area contributed by atoms with Crippen molar-refractivity contribution < 1.29 is 0 Å². The molecule has 0 radical (unpaired) electrons. The predicted molar refractivity (Wildman–Crippen MR) is 72.6 cm³/mol. The molecule has 0 aromatic carbocycles. The zero-order valence-electron chi connectivity index (χ0n) is 11.3. The number of anilines is 1. The number of piperazine rings is 1. The average Bonchev–Trinajstić information content (AvgIpc) is 2.29. The highest BCUT2D eigenvalue weighted by Gasteiger charge is 2.25. The number of nitrogens with one attached hydrogen (secondary N) is 1. The monoisotopic (exact) mass is 233 g/mol. The summed E-state index contributed by atoms with van der Waals surface area (Å²) in [6, 6.07) is 5.48. The molecule has 1 aromatic heterocycles. The van der Waals surface area contributed by atoms with Gasteiger partial charge in [0.1, 0.15) is 0 Å². The van der Waals surface area contributed by atoms with Gasteiger partial charge in [0, 0.05) is 30.9 Å². The van der Waals surface area contributed by atoms with E-state index in [1.807, 2.05) is 0 Å². The molecule has 0 aliphatic carbocycles. The number of hydrogen-bond acceptors (Lipinski definition) is 3. The zero-order valence-corrected chi connectivity index (χ0v) is 11.3. The van der Waals surface area contributed by atoms with Gasteiger partial charge in [0.15, 0.2) is 0 Å². The molecule has 2 atom stereocenters. The van der Waals surface area contributed by atoms with Crippen molar-refractivity contribution in [3.8, 4) is 0 Å². The molecule has 1 aliphatic heterocycles. The SMILES string of the molecule is CCC1CNC(C)CN1c1ccc(C)nc1C. The summed E-state index contributed by atoms with van der Waals surface area (Å²) in [5.41, 5.74) is 3.55. The van der Waals surface area contributed by atoms with Crippen LogP contribution in [0.15, 0.2) is 12.1 Å². The smallest absolute Gasteiger partial charge is 0.0609 e. The van der Waals surface area contributed by atoms with Crippen LogP contribution in [0.2, 0.25) is 0 Å². The number of aryl methyl sites for hydroxylation is 2. The lowest BCUT2D eigenvalue weighted by molar-refractivity contribution is 0.401. The Balaban J connectivity index is 2.28. The van der Waals surface area contributed by atoms with E-state index in [0.717, 1.165) is 24.5 Å². The fourth-order valence-electron chi connectivity index (χ4n) is 2.60. The largest absolute Gasteiger partial charge is 0.364 e. The highest BCUT2D eigenvalue weighted by Crippen LogP contribution is 2.24. The summed E-state index contributed by atoms with van der Waals surface area (Å²) in [5, 5.41) is 3.55. The van der Waals surface area contributed by atoms with Crippen molar-refractivity contribution in [1.82, 2.24) is 10.3 Å². The normalized spacial score (nSPS) is 25.1. The van der Waals surface area contributed by atoms with Gasteiger partial charge in [-0.05, 0) is 39.3 Å². The first kappa shape index (κ1) is 12.4. The number of aromatic nitrogens is 1. The lowest BCUT2D eigenvalue weighted by atomic mass is 10.1. The van der Waals surface area contributed by atoms with Crippen LogP contribution in [0.1, 0.15) is 31.7 Å². The van der Waals surface area contributed by atoms with Gasteiger partial charge in [0.25, 0.3) is 0 Å². The number of rotatable bonds is 2. The van der Waals surface area contributed by atoms with E-state index in [9.17, 15) is 0 Å². The minimum Gasteiger partial charge on any atom is -0.364 e. The van der Waals surface area contributed by atoms with Crippen LogP contribution in [-0.2, 0) is 0 Å². The first-order valence-corrected chi connectivity index (χ1v) is 6.56. The molecule has 3 heteroatoms. The van der Waals surface area contributed by atoms with E-state index in [4.69, 9.17) is 0 Å². The van der Waals surface area contributed by atoms with Crippen LogP contribution < -0.4 is 10.2 Å². The average molecular weight is 233 g/mol. The van der Waals surface area contributed by atoms with Crippen LogP contribution in [0, 0.1) is 13.8 Å². The lowest BCUT2D eigenvalue weighted by Crippen LogP contribution is -2.55. The first-order valence-electron chi connectivity index (χ1n) is 6.56. The summed E-state index contributed by atoms with van der Waals surface area (Å²) in [6.45, 7) is 10.8. The summed E-state index contributed by atoms with van der Waals surface area (Å²) in [5.74, 6) is 0. The molecule has 2 rings (SSSR count). The molecule has 0 amide bonds. The highest BCUT2D eigenvalue weighted by atomic mass is 15.2. The van der Waals surface area contributed by atoms with Crippen LogP contribution in [0.5, 0.6) is 0 Å². The Morgan fingerprint density at radius 1 is 1.41 bits per heavy atom. The Morgan fingerprint density at radius 3 is 2.82 bits per heavy atom. The van der Waals surface area contributed by atoms with Gasteiger partial charge in [-0.2, -0.15) is 0 Å². The Bertz CT molecular complexity index is 389. The Hall–Kier alpha value is -1.09. The van der Waals surface area contributed by atoms with Crippen molar-refractivity contribution in [2.24, 2.45) is 0 Å². The molecule has 1 N–H and O–H groups in total. The second kappa shape index (κ2) is 5.05. The molecule has 0 spiro atoms. The van der Waals surface area contributed by atoms with E-state index < -0.39 is 0 Å². The summed E-state index contributed by atoms with van der Waals surface area (Å²) >= 11 is 0. The molecule has 94 valence electrons. The first-order chi connectivity index (χ1) is 8.11. The van der Waals surface area contributed by atoms with Crippen molar-refractivity contribution in [3.63, 3.8) is 0 Å². The summed E-state index contributed by atoms with van der Waals surface area (Å²) in [4.78, 5) is 7.10. The van der Waals surface area contributed by atoms with Crippen LogP contribution >= 0.6 is 0 Å². The van der Waals surface area contributed by atoms with E-state index in [0.29, 0.717) is 12.1 Å². The van der Waals surface area contributed by atoms with Crippen LogP contribution in [0.25, 0.3) is 0 Å². The van der Waals surface area contributed by atoms with Gasteiger partial charge in [-0.25, -0.2) is 0 Å². The zero-order chi connectivity index (χ0) is 12.4. The van der Waals surface area contributed by atoms with Crippen molar-refractivity contribution in [2.75, 3.05) is 18.0 Å². The fourth-order valence-corrected chi connectivity index (χ4v) is 2.60. The van der Waals surface area contributed by atoms with Gasteiger partial charge < -0.3 is 10.2 Å². The molecule has 0 bridgehead atoms. The number of hydrogen-bond donors (Lipinski definition) is 1. The molecule has 2 heterocycles. The Kier molecular flexibility index (Phi) is 3.67. The topological polar surface area (TPSA) is 28.2 Å². The highest BCUT2D eigenvalue weighted by molar-refractivity contribution is 5.52. The fraction of sp³-hybridized carbons (Fsp3) is 0.643. The maximum absolute atomic E-state index is 4.58. The van der Waals surface area contributed by atoms with Crippen molar-refractivity contribution in [1.29, 1.82) is 0 Å². The van der Waals surface area contributed by atoms with E-state index in [1.54, 1.807) is 0 Å². The molecular weight excluding hydrogens is 210 g/mol. The summed E-state index contributed by atoms with van der Waals surface area (Å²) in [6.07, 6.45) is 1.17. The maximum atomic E-state index is 4.58. The third-order valence-electron chi connectivity index (χ3n) is 3.59. The Labute approximate surface area is 104 Å². The quantitative estimate of drug-likeness (QED) is 0.849. The minimum atomic E-state index is 0.554. The number of pyridine rings is 1. The third kappa shape index (κ3) is 2.60. The summed E-state index contributed by atoms with van der Waals surface area (Å²) < 4.78 is 0. The Morgan fingerprint density at radius 2 is 2.18 bits per heavy atom. The molecule has 0 saturated carbocycles. The van der Waals surface area contributed by atoms with E-state index in [1.165, 1.54) is 12.1 Å². The van der Waals surface area contributed by atoms with Crippen LogP contribution in [-0.4, -0.2) is 30.2 Å². The second-order valence-electron chi connectivity index (χ2n) is 5.08. The van der Waals surface area contributed by atoms with Gasteiger partial charge in [0.2, 0.25) is 0 Å². The molecular formula is C14H23N3. The molecule has 1 saturated heterocycles. The van der Waals surface area contributed by atoms with E-state index in [2.05, 4.69) is 55.0 Å². The second-order valence-corrected chi connectivity index (χ2v) is 5.08. The van der Waals surface area contributed by atoms with Crippen LogP contribution in [0.4, 0.5) is 5.69 Å². The van der Waals surface area contributed by atoms with Gasteiger partial charge in [-0.3, -0.25) is 4.98 Å². The minimum absolute atomic E-state index is 0.554. The van der Waals surface area contributed by atoms with Gasteiger partial charge in [-0.1, -0.05) is 6.92 Å². The van der Waals surface area contributed by atoms with Gasteiger partial charge in [0.05, 0.1) is 11.4 Å². The molecule has 1 aromatic rings. The molecule has 17 heavy (non-hydrogen) atoms. The van der Waals surface area contributed by atoms with Crippen molar-refractivity contribution in [3.05, 3.63) is 23.5 Å². The van der Waals surface area contributed by atoms with Crippen molar-refractivity contribution in [2.45, 2.75) is 46.2 Å². The maximum Gasteiger partial charge on any atom is 0.0609 e. The number of nitrogens with zero attached hydrogens (tertiary/aromatic N) is 2. The third-order valence-corrected chi connectivity index (χ3v) is 3.59. The van der Waals surface area contributed by atoms with Crippen molar-refractivity contribution >= 4 is 5.69 Å². The van der Waals surface area contributed by atoms with Crippen LogP contribution in [0.3, 0.4) is 0 Å². The lowest BCUT2D eigenvalue weighted by Gasteiger charge is -2.41.